The van der Waals surface area contributed by atoms with Crippen LogP contribution < -0.4 is 14.2 Å². The van der Waals surface area contributed by atoms with Gasteiger partial charge in [0, 0.05) is 16.7 Å². The van der Waals surface area contributed by atoms with Gasteiger partial charge >= 0.3 is 0 Å². The molecule has 1 aromatic heterocycles. The summed E-state index contributed by atoms with van der Waals surface area (Å²) in [5, 5.41) is 0. The lowest BCUT2D eigenvalue weighted by atomic mass is 10.1. The van der Waals surface area contributed by atoms with E-state index in [0.29, 0.717) is 17.5 Å². The summed E-state index contributed by atoms with van der Waals surface area (Å²) in [6.07, 6.45) is 0. The van der Waals surface area contributed by atoms with E-state index in [1.54, 1.807) is 21.3 Å². The second-order valence-electron chi connectivity index (χ2n) is 6.50. The maximum Gasteiger partial charge on any atom is 0.164 e. The van der Waals surface area contributed by atoms with E-state index in [1.807, 2.05) is 72.8 Å². The van der Waals surface area contributed by atoms with Crippen LogP contribution in [0, 0.1) is 0 Å². The smallest absolute Gasteiger partial charge is 0.164 e. The second-order valence-corrected chi connectivity index (χ2v) is 6.50. The average molecular weight is 399 g/mol. The third kappa shape index (κ3) is 4.07. The molecule has 0 amide bonds. The SMILES string of the molecule is COc1cccc(-c2nc(-c3cccc(OC)c3)nc(-c3cccc(OC)c3)n2)c1. The molecule has 0 aliphatic carbocycles. The topological polar surface area (TPSA) is 66.4 Å². The van der Waals surface area contributed by atoms with Crippen LogP contribution in [0.25, 0.3) is 34.2 Å². The molecule has 0 saturated heterocycles. The molecule has 0 radical (unpaired) electrons. The standard InChI is InChI=1S/C24H21N3O3/c1-28-19-10-4-7-16(13-19)22-25-23(17-8-5-11-20(14-17)29-2)27-24(26-22)18-9-6-12-21(15-18)30-3/h4-15H,1-3H3. The minimum Gasteiger partial charge on any atom is -0.497 e. The lowest BCUT2D eigenvalue weighted by Gasteiger charge is -2.10. The van der Waals surface area contributed by atoms with Gasteiger partial charge < -0.3 is 14.2 Å². The molecular formula is C24H21N3O3. The maximum atomic E-state index is 5.36. The van der Waals surface area contributed by atoms with Crippen molar-refractivity contribution in [1.82, 2.24) is 15.0 Å². The van der Waals surface area contributed by atoms with Crippen molar-refractivity contribution in [3.8, 4) is 51.4 Å². The minimum absolute atomic E-state index is 0.555. The van der Waals surface area contributed by atoms with Gasteiger partial charge in [-0.1, -0.05) is 36.4 Å². The van der Waals surface area contributed by atoms with Gasteiger partial charge in [-0.15, -0.1) is 0 Å². The molecule has 0 N–H and O–H groups in total. The largest absolute Gasteiger partial charge is 0.497 e. The summed E-state index contributed by atoms with van der Waals surface area (Å²) in [7, 11) is 4.90. The third-order valence-corrected chi connectivity index (χ3v) is 4.62. The van der Waals surface area contributed by atoms with Crippen LogP contribution in [0.2, 0.25) is 0 Å². The van der Waals surface area contributed by atoms with Crippen LogP contribution in [0.1, 0.15) is 0 Å². The summed E-state index contributed by atoms with van der Waals surface area (Å²) in [6.45, 7) is 0. The lowest BCUT2D eigenvalue weighted by molar-refractivity contribution is 0.415. The highest BCUT2D eigenvalue weighted by Crippen LogP contribution is 2.29. The van der Waals surface area contributed by atoms with Crippen molar-refractivity contribution >= 4 is 0 Å². The Bertz CT molecular complexity index is 1020. The zero-order valence-corrected chi connectivity index (χ0v) is 17.0. The van der Waals surface area contributed by atoms with Crippen molar-refractivity contribution in [1.29, 1.82) is 0 Å². The molecule has 4 aromatic rings. The van der Waals surface area contributed by atoms with E-state index in [2.05, 4.69) is 0 Å². The van der Waals surface area contributed by atoms with E-state index in [-0.39, 0.29) is 0 Å². The normalized spacial score (nSPS) is 10.5. The number of hydrogen-bond acceptors (Lipinski definition) is 6. The van der Waals surface area contributed by atoms with Gasteiger partial charge in [-0.3, -0.25) is 0 Å². The quantitative estimate of drug-likeness (QED) is 0.459. The molecule has 6 heteroatoms. The molecule has 0 unspecified atom stereocenters. The Labute approximate surface area is 175 Å². The third-order valence-electron chi connectivity index (χ3n) is 4.62. The van der Waals surface area contributed by atoms with Crippen LogP contribution in [0.4, 0.5) is 0 Å². The van der Waals surface area contributed by atoms with Gasteiger partial charge in [0.25, 0.3) is 0 Å². The van der Waals surface area contributed by atoms with Crippen LogP contribution in [0.15, 0.2) is 72.8 Å². The highest BCUT2D eigenvalue weighted by Gasteiger charge is 2.13. The predicted molar refractivity (Wildman–Crippen MR) is 116 cm³/mol. The summed E-state index contributed by atoms with van der Waals surface area (Å²) in [5.41, 5.74) is 2.51. The first-order valence-electron chi connectivity index (χ1n) is 9.39. The number of nitrogens with zero attached hydrogens (tertiary/aromatic N) is 3. The first-order chi connectivity index (χ1) is 14.7. The molecule has 0 aliphatic heterocycles. The van der Waals surface area contributed by atoms with E-state index in [1.165, 1.54) is 0 Å². The number of aromatic nitrogens is 3. The zero-order valence-electron chi connectivity index (χ0n) is 17.0. The Balaban J connectivity index is 1.91. The van der Waals surface area contributed by atoms with Crippen molar-refractivity contribution in [2.45, 2.75) is 0 Å². The summed E-state index contributed by atoms with van der Waals surface area (Å²) in [5.74, 6) is 3.87. The molecule has 0 spiro atoms. The highest BCUT2D eigenvalue weighted by molar-refractivity contribution is 5.68. The van der Waals surface area contributed by atoms with Crippen molar-refractivity contribution < 1.29 is 14.2 Å². The highest BCUT2D eigenvalue weighted by atomic mass is 16.5. The zero-order chi connectivity index (χ0) is 20.9. The van der Waals surface area contributed by atoms with E-state index < -0.39 is 0 Å². The van der Waals surface area contributed by atoms with Gasteiger partial charge in [0.05, 0.1) is 21.3 Å². The summed E-state index contributed by atoms with van der Waals surface area (Å²) in [4.78, 5) is 14.2. The monoisotopic (exact) mass is 399 g/mol. The molecule has 30 heavy (non-hydrogen) atoms. The van der Waals surface area contributed by atoms with E-state index in [4.69, 9.17) is 29.2 Å². The fourth-order valence-corrected chi connectivity index (χ4v) is 3.05. The van der Waals surface area contributed by atoms with Crippen LogP contribution in [-0.2, 0) is 0 Å². The maximum absolute atomic E-state index is 5.36. The van der Waals surface area contributed by atoms with Crippen molar-refractivity contribution in [2.75, 3.05) is 21.3 Å². The Morgan fingerprint density at radius 3 is 1.03 bits per heavy atom. The van der Waals surface area contributed by atoms with Crippen LogP contribution in [-0.4, -0.2) is 36.3 Å². The van der Waals surface area contributed by atoms with Gasteiger partial charge in [-0.2, -0.15) is 0 Å². The van der Waals surface area contributed by atoms with Crippen LogP contribution in [0.5, 0.6) is 17.2 Å². The first kappa shape index (κ1) is 19.4. The summed E-state index contributed by atoms with van der Waals surface area (Å²) in [6, 6.07) is 22.9. The number of ether oxygens (including phenoxy) is 3. The molecule has 6 nitrogen and oxygen atoms in total. The van der Waals surface area contributed by atoms with Gasteiger partial charge in [0.2, 0.25) is 0 Å². The summed E-state index contributed by atoms with van der Waals surface area (Å²) < 4.78 is 16.1. The molecule has 3 aromatic carbocycles. The lowest BCUT2D eigenvalue weighted by Crippen LogP contribution is -2.00. The average Bonchev–Trinajstić information content (AvgIpc) is 2.83. The van der Waals surface area contributed by atoms with Crippen molar-refractivity contribution in [3.05, 3.63) is 72.8 Å². The van der Waals surface area contributed by atoms with Gasteiger partial charge in [0.1, 0.15) is 17.2 Å². The Kier molecular flexibility index (Phi) is 5.57. The Hall–Kier alpha value is -3.93. The molecule has 0 saturated carbocycles. The number of benzene rings is 3. The van der Waals surface area contributed by atoms with Crippen molar-refractivity contribution in [2.24, 2.45) is 0 Å². The van der Waals surface area contributed by atoms with E-state index >= 15 is 0 Å². The molecule has 0 bridgehead atoms. The second kappa shape index (κ2) is 8.61. The molecule has 0 aliphatic rings. The molecule has 0 atom stereocenters. The molecule has 0 fully saturated rings. The fourth-order valence-electron chi connectivity index (χ4n) is 3.05. The van der Waals surface area contributed by atoms with Crippen LogP contribution >= 0.6 is 0 Å². The van der Waals surface area contributed by atoms with Gasteiger partial charge in [-0.05, 0) is 36.4 Å². The van der Waals surface area contributed by atoms with E-state index in [9.17, 15) is 0 Å². The molecule has 1 heterocycles. The molecule has 150 valence electrons. The van der Waals surface area contributed by atoms with Gasteiger partial charge in [0.15, 0.2) is 17.5 Å². The summed E-state index contributed by atoms with van der Waals surface area (Å²) >= 11 is 0. The number of hydrogen-bond donors (Lipinski definition) is 0. The molecular weight excluding hydrogens is 378 g/mol. The van der Waals surface area contributed by atoms with Crippen LogP contribution in [0.3, 0.4) is 0 Å². The number of rotatable bonds is 6. The Morgan fingerprint density at radius 1 is 0.467 bits per heavy atom. The Morgan fingerprint density at radius 2 is 0.767 bits per heavy atom. The van der Waals surface area contributed by atoms with E-state index in [0.717, 1.165) is 33.9 Å². The molecule has 4 rings (SSSR count). The predicted octanol–water partition coefficient (Wildman–Crippen LogP) is 4.90. The first-order valence-corrected chi connectivity index (χ1v) is 9.39. The number of methoxy groups -OCH3 is 3. The van der Waals surface area contributed by atoms with Gasteiger partial charge in [-0.25, -0.2) is 15.0 Å². The minimum atomic E-state index is 0.555. The van der Waals surface area contributed by atoms with Crippen molar-refractivity contribution in [3.63, 3.8) is 0 Å². The fraction of sp³-hybridized carbons (Fsp3) is 0.125.